The van der Waals surface area contributed by atoms with Gasteiger partial charge in [-0.2, -0.15) is 0 Å². The quantitative estimate of drug-likeness (QED) is 0.716. The lowest BCUT2D eigenvalue weighted by atomic mass is 10.1. The normalized spacial score (nSPS) is 15.6. The first-order chi connectivity index (χ1) is 13.8. The van der Waals surface area contributed by atoms with Gasteiger partial charge in [-0.25, -0.2) is 18.0 Å². The Bertz CT molecular complexity index is 988. The molecule has 154 valence electrons. The number of methoxy groups -OCH3 is 1. The molecular formula is C21H24N2O5S. The Kier molecular flexibility index (Phi) is 6.22. The minimum atomic E-state index is -3.08. The van der Waals surface area contributed by atoms with Crippen molar-refractivity contribution in [1.82, 2.24) is 4.90 Å². The summed E-state index contributed by atoms with van der Waals surface area (Å²) in [5.41, 5.74) is 3.03. The van der Waals surface area contributed by atoms with Crippen molar-refractivity contribution < 1.29 is 22.7 Å². The zero-order valence-corrected chi connectivity index (χ0v) is 17.3. The lowest BCUT2D eigenvalue weighted by molar-refractivity contribution is 0.0600. The van der Waals surface area contributed by atoms with Crippen molar-refractivity contribution in [2.24, 2.45) is 0 Å². The van der Waals surface area contributed by atoms with Crippen molar-refractivity contribution in [1.29, 1.82) is 0 Å². The largest absolute Gasteiger partial charge is 0.465 e. The second-order valence-corrected chi connectivity index (χ2v) is 9.34. The van der Waals surface area contributed by atoms with Gasteiger partial charge in [0, 0.05) is 18.8 Å². The van der Waals surface area contributed by atoms with E-state index in [1.54, 1.807) is 34.1 Å². The first kappa shape index (κ1) is 20.9. The molecule has 29 heavy (non-hydrogen) atoms. The summed E-state index contributed by atoms with van der Waals surface area (Å²) >= 11 is 0. The predicted octanol–water partition coefficient (Wildman–Crippen LogP) is 2.64. The number of carbonyl (C=O) groups is 2. The molecule has 0 atom stereocenters. The number of ether oxygens (including phenoxy) is 1. The van der Waals surface area contributed by atoms with Gasteiger partial charge < -0.3 is 9.64 Å². The van der Waals surface area contributed by atoms with Gasteiger partial charge in [0.2, 0.25) is 0 Å². The average Bonchev–Trinajstić information content (AvgIpc) is 2.71. The summed E-state index contributed by atoms with van der Waals surface area (Å²) in [4.78, 5) is 28.1. The monoisotopic (exact) mass is 416 g/mol. The molecule has 1 aliphatic rings. The summed E-state index contributed by atoms with van der Waals surface area (Å²) in [5, 5.41) is 0. The Hall–Kier alpha value is -2.87. The Balaban J connectivity index is 1.85. The van der Waals surface area contributed by atoms with E-state index < -0.39 is 15.8 Å². The van der Waals surface area contributed by atoms with Gasteiger partial charge in [-0.3, -0.25) is 4.90 Å². The number of rotatable bonds is 4. The molecule has 1 saturated heterocycles. The fourth-order valence-corrected chi connectivity index (χ4v) is 4.39. The Morgan fingerprint density at radius 2 is 1.72 bits per heavy atom. The van der Waals surface area contributed by atoms with Crippen LogP contribution in [0.2, 0.25) is 0 Å². The fraction of sp³-hybridized carbons (Fsp3) is 0.333. The molecule has 0 aliphatic carbocycles. The standard InChI is InChI=1S/C21H24N2O5S/c1-16-4-3-5-19(14-16)23(21(25)22-10-12-29(26,27)13-11-22)15-17-6-8-18(9-7-17)20(24)28-2/h3-9,14H,10-13,15H2,1-2H3. The summed E-state index contributed by atoms with van der Waals surface area (Å²) in [7, 11) is -1.75. The molecule has 8 heteroatoms. The van der Waals surface area contributed by atoms with E-state index in [4.69, 9.17) is 4.74 Å². The first-order valence-corrected chi connectivity index (χ1v) is 11.1. The van der Waals surface area contributed by atoms with Crippen LogP contribution in [0.15, 0.2) is 48.5 Å². The molecule has 0 bridgehead atoms. The topological polar surface area (TPSA) is 84.0 Å². The van der Waals surface area contributed by atoms with E-state index in [1.165, 1.54) is 7.11 Å². The zero-order chi connectivity index (χ0) is 21.0. The van der Waals surface area contributed by atoms with Gasteiger partial charge in [-0.15, -0.1) is 0 Å². The second-order valence-electron chi connectivity index (χ2n) is 7.04. The highest BCUT2D eigenvalue weighted by atomic mass is 32.2. The summed E-state index contributed by atoms with van der Waals surface area (Å²) in [6.07, 6.45) is 0. The minimum absolute atomic E-state index is 0.0196. The number of sulfone groups is 1. The smallest absolute Gasteiger partial charge is 0.337 e. The molecule has 0 spiro atoms. The van der Waals surface area contributed by atoms with Crippen LogP contribution in [0.1, 0.15) is 21.5 Å². The average molecular weight is 416 g/mol. The first-order valence-electron chi connectivity index (χ1n) is 9.30. The molecule has 2 aromatic rings. The Labute approximate surface area is 170 Å². The van der Waals surface area contributed by atoms with Crippen LogP contribution >= 0.6 is 0 Å². The molecule has 0 radical (unpaired) electrons. The Morgan fingerprint density at radius 1 is 1.07 bits per heavy atom. The SMILES string of the molecule is COC(=O)c1ccc(CN(C(=O)N2CCS(=O)(=O)CC2)c2cccc(C)c2)cc1. The molecule has 1 fully saturated rings. The van der Waals surface area contributed by atoms with E-state index >= 15 is 0 Å². The van der Waals surface area contributed by atoms with Gasteiger partial charge in [0.15, 0.2) is 9.84 Å². The Morgan fingerprint density at radius 3 is 2.31 bits per heavy atom. The number of hydrogen-bond donors (Lipinski definition) is 0. The van der Waals surface area contributed by atoms with E-state index in [2.05, 4.69) is 0 Å². The lowest BCUT2D eigenvalue weighted by Gasteiger charge is -2.33. The van der Waals surface area contributed by atoms with E-state index in [-0.39, 0.29) is 30.6 Å². The van der Waals surface area contributed by atoms with Crippen molar-refractivity contribution in [2.45, 2.75) is 13.5 Å². The number of hydrogen-bond acceptors (Lipinski definition) is 5. The number of carbonyl (C=O) groups excluding carboxylic acids is 2. The van der Waals surface area contributed by atoms with Gasteiger partial charge in [-0.1, -0.05) is 24.3 Å². The van der Waals surface area contributed by atoms with E-state index in [0.29, 0.717) is 12.1 Å². The molecular weight excluding hydrogens is 392 g/mol. The molecule has 0 saturated carbocycles. The molecule has 0 N–H and O–H groups in total. The summed E-state index contributed by atoms with van der Waals surface area (Å²) in [5.74, 6) is -0.458. The zero-order valence-electron chi connectivity index (χ0n) is 16.5. The summed E-state index contributed by atoms with van der Waals surface area (Å²) in [6, 6.07) is 14.3. The van der Waals surface area contributed by atoms with E-state index in [1.807, 2.05) is 31.2 Å². The van der Waals surface area contributed by atoms with Crippen LogP contribution < -0.4 is 4.90 Å². The maximum absolute atomic E-state index is 13.2. The molecule has 2 aromatic carbocycles. The van der Waals surface area contributed by atoms with Crippen LogP contribution in [0, 0.1) is 6.92 Å². The number of anilines is 1. The molecule has 0 aromatic heterocycles. The van der Waals surface area contributed by atoms with Crippen LogP contribution in [-0.2, 0) is 21.1 Å². The minimum Gasteiger partial charge on any atom is -0.465 e. The molecule has 7 nitrogen and oxygen atoms in total. The number of benzene rings is 2. The van der Waals surface area contributed by atoms with Crippen molar-refractivity contribution in [3.63, 3.8) is 0 Å². The third kappa shape index (κ3) is 5.14. The van der Waals surface area contributed by atoms with Crippen LogP contribution in [0.5, 0.6) is 0 Å². The van der Waals surface area contributed by atoms with Crippen LogP contribution in [-0.4, -0.2) is 57.0 Å². The van der Waals surface area contributed by atoms with Crippen LogP contribution in [0.25, 0.3) is 0 Å². The highest BCUT2D eigenvalue weighted by Gasteiger charge is 2.29. The van der Waals surface area contributed by atoms with Gasteiger partial charge in [0.05, 0.1) is 30.7 Å². The highest BCUT2D eigenvalue weighted by molar-refractivity contribution is 7.91. The lowest BCUT2D eigenvalue weighted by Crippen LogP contribution is -2.49. The molecule has 0 unspecified atom stereocenters. The molecule has 1 heterocycles. The third-order valence-electron chi connectivity index (χ3n) is 4.87. The van der Waals surface area contributed by atoms with Crippen molar-refractivity contribution in [2.75, 3.05) is 36.6 Å². The predicted molar refractivity (Wildman–Crippen MR) is 111 cm³/mol. The maximum atomic E-state index is 13.2. The number of urea groups is 1. The van der Waals surface area contributed by atoms with Crippen molar-refractivity contribution >= 4 is 27.5 Å². The van der Waals surface area contributed by atoms with Crippen LogP contribution in [0.4, 0.5) is 10.5 Å². The summed E-state index contributed by atoms with van der Waals surface area (Å²) in [6.45, 7) is 2.62. The van der Waals surface area contributed by atoms with Gasteiger partial charge >= 0.3 is 12.0 Å². The molecule has 3 rings (SSSR count). The number of aryl methyl sites for hydroxylation is 1. The fourth-order valence-electron chi connectivity index (χ4n) is 3.19. The molecule has 1 aliphatic heterocycles. The van der Waals surface area contributed by atoms with Gasteiger partial charge in [0.1, 0.15) is 0 Å². The highest BCUT2D eigenvalue weighted by Crippen LogP contribution is 2.22. The van der Waals surface area contributed by atoms with Gasteiger partial charge in [0.25, 0.3) is 0 Å². The van der Waals surface area contributed by atoms with E-state index in [0.717, 1.165) is 16.8 Å². The number of nitrogens with zero attached hydrogens (tertiary/aromatic N) is 2. The maximum Gasteiger partial charge on any atom is 0.337 e. The van der Waals surface area contributed by atoms with Gasteiger partial charge in [-0.05, 0) is 42.3 Å². The number of esters is 1. The van der Waals surface area contributed by atoms with Crippen molar-refractivity contribution in [3.8, 4) is 0 Å². The number of amides is 2. The second kappa shape index (κ2) is 8.65. The molecule has 2 amide bonds. The third-order valence-corrected chi connectivity index (χ3v) is 6.48. The van der Waals surface area contributed by atoms with E-state index in [9.17, 15) is 18.0 Å². The van der Waals surface area contributed by atoms with Crippen LogP contribution in [0.3, 0.4) is 0 Å². The van der Waals surface area contributed by atoms with Crippen molar-refractivity contribution in [3.05, 3.63) is 65.2 Å². The summed E-state index contributed by atoms with van der Waals surface area (Å²) < 4.78 is 28.1.